The SMILES string of the molecule is CNC(Cc1ccc(C)cc1)c1cc(C)c(Br)c(C)c1. The van der Waals surface area contributed by atoms with Crippen molar-refractivity contribution in [2.45, 2.75) is 33.2 Å². The summed E-state index contributed by atoms with van der Waals surface area (Å²) >= 11 is 3.64. The van der Waals surface area contributed by atoms with E-state index in [1.54, 1.807) is 0 Å². The van der Waals surface area contributed by atoms with E-state index in [0.717, 1.165) is 6.42 Å². The van der Waals surface area contributed by atoms with Crippen LogP contribution in [0.5, 0.6) is 0 Å². The molecule has 0 radical (unpaired) electrons. The first kappa shape index (κ1) is 15.3. The lowest BCUT2D eigenvalue weighted by Gasteiger charge is -2.19. The Morgan fingerprint density at radius 3 is 2.05 bits per heavy atom. The molecule has 0 saturated heterocycles. The summed E-state index contributed by atoms with van der Waals surface area (Å²) in [5, 5.41) is 3.44. The molecule has 1 atom stereocenters. The molecule has 2 heteroatoms. The summed E-state index contributed by atoms with van der Waals surface area (Å²) in [6.07, 6.45) is 1.01. The quantitative estimate of drug-likeness (QED) is 0.842. The Hall–Kier alpha value is -1.12. The largest absolute Gasteiger partial charge is 0.313 e. The maximum Gasteiger partial charge on any atom is 0.0358 e. The molecule has 1 N–H and O–H groups in total. The normalized spacial score (nSPS) is 12.4. The minimum Gasteiger partial charge on any atom is -0.313 e. The summed E-state index contributed by atoms with van der Waals surface area (Å²) in [5.41, 5.74) is 6.62. The molecular formula is C18H22BrN. The van der Waals surface area contributed by atoms with Gasteiger partial charge in [-0.25, -0.2) is 0 Å². The molecule has 0 amide bonds. The van der Waals surface area contributed by atoms with Crippen LogP contribution in [0.2, 0.25) is 0 Å². The van der Waals surface area contributed by atoms with Crippen LogP contribution in [0.1, 0.15) is 33.9 Å². The van der Waals surface area contributed by atoms with Gasteiger partial charge in [0.05, 0.1) is 0 Å². The number of hydrogen-bond donors (Lipinski definition) is 1. The third kappa shape index (κ3) is 3.50. The van der Waals surface area contributed by atoms with Crippen LogP contribution in [0.3, 0.4) is 0 Å². The van der Waals surface area contributed by atoms with E-state index in [9.17, 15) is 0 Å². The smallest absolute Gasteiger partial charge is 0.0358 e. The van der Waals surface area contributed by atoms with Crippen molar-refractivity contribution in [1.82, 2.24) is 5.32 Å². The van der Waals surface area contributed by atoms with E-state index in [2.05, 4.69) is 78.4 Å². The Balaban J connectivity index is 2.26. The van der Waals surface area contributed by atoms with Crippen LogP contribution < -0.4 is 5.32 Å². The van der Waals surface area contributed by atoms with E-state index >= 15 is 0 Å². The summed E-state index contributed by atoms with van der Waals surface area (Å²) in [5.74, 6) is 0. The number of likely N-dealkylation sites (N-methyl/N-ethyl adjacent to an activating group) is 1. The van der Waals surface area contributed by atoms with Crippen LogP contribution in [0.4, 0.5) is 0 Å². The Morgan fingerprint density at radius 2 is 1.55 bits per heavy atom. The first-order valence-corrected chi connectivity index (χ1v) is 7.80. The number of rotatable bonds is 4. The number of benzene rings is 2. The zero-order valence-electron chi connectivity index (χ0n) is 12.6. The van der Waals surface area contributed by atoms with Crippen molar-refractivity contribution in [2.24, 2.45) is 0 Å². The van der Waals surface area contributed by atoms with Gasteiger partial charge >= 0.3 is 0 Å². The van der Waals surface area contributed by atoms with Crippen LogP contribution in [0, 0.1) is 20.8 Å². The predicted molar refractivity (Wildman–Crippen MR) is 90.3 cm³/mol. The van der Waals surface area contributed by atoms with Gasteiger partial charge in [-0.05, 0) is 56.5 Å². The second-order valence-corrected chi connectivity index (χ2v) is 6.29. The van der Waals surface area contributed by atoms with Crippen LogP contribution in [0.25, 0.3) is 0 Å². The predicted octanol–water partition coefficient (Wildman–Crippen LogP) is 4.88. The minimum atomic E-state index is 0.350. The molecule has 1 nitrogen and oxygen atoms in total. The van der Waals surface area contributed by atoms with Gasteiger partial charge in [0.2, 0.25) is 0 Å². The molecule has 0 bridgehead atoms. The molecule has 0 saturated carbocycles. The Kier molecular flexibility index (Phi) is 5.00. The van der Waals surface area contributed by atoms with Crippen molar-refractivity contribution >= 4 is 15.9 Å². The highest BCUT2D eigenvalue weighted by Gasteiger charge is 2.12. The zero-order valence-corrected chi connectivity index (χ0v) is 14.2. The molecule has 0 spiro atoms. The van der Waals surface area contributed by atoms with E-state index < -0.39 is 0 Å². The molecule has 0 aromatic heterocycles. The standard InChI is InChI=1S/C18H22BrN/c1-12-5-7-15(8-6-12)11-17(20-4)16-9-13(2)18(19)14(3)10-16/h5-10,17,20H,11H2,1-4H3. The minimum absolute atomic E-state index is 0.350. The van der Waals surface area contributed by atoms with Gasteiger partial charge in [-0.1, -0.05) is 57.9 Å². The second-order valence-electron chi connectivity index (χ2n) is 5.50. The fourth-order valence-electron chi connectivity index (χ4n) is 2.53. The molecule has 0 aliphatic carbocycles. The van der Waals surface area contributed by atoms with Gasteiger partial charge in [0, 0.05) is 10.5 Å². The molecular weight excluding hydrogens is 310 g/mol. The topological polar surface area (TPSA) is 12.0 Å². The Labute approximate surface area is 130 Å². The molecule has 2 rings (SSSR count). The molecule has 20 heavy (non-hydrogen) atoms. The number of nitrogens with one attached hydrogen (secondary N) is 1. The summed E-state index contributed by atoms with van der Waals surface area (Å²) in [6.45, 7) is 6.43. The van der Waals surface area contributed by atoms with Crippen LogP contribution in [-0.2, 0) is 6.42 Å². The average molecular weight is 332 g/mol. The maximum atomic E-state index is 3.64. The first-order chi connectivity index (χ1) is 9.51. The van der Waals surface area contributed by atoms with Gasteiger partial charge in [-0.15, -0.1) is 0 Å². The van der Waals surface area contributed by atoms with E-state index in [0.29, 0.717) is 6.04 Å². The van der Waals surface area contributed by atoms with Crippen molar-refractivity contribution in [3.8, 4) is 0 Å². The maximum absolute atomic E-state index is 3.64. The molecule has 2 aromatic rings. The third-order valence-corrected chi connectivity index (χ3v) is 5.02. The first-order valence-electron chi connectivity index (χ1n) is 7.00. The molecule has 2 aromatic carbocycles. The molecule has 1 unspecified atom stereocenters. The van der Waals surface area contributed by atoms with Gasteiger partial charge in [0.1, 0.15) is 0 Å². The lowest BCUT2D eigenvalue weighted by Crippen LogP contribution is -2.19. The summed E-state index contributed by atoms with van der Waals surface area (Å²) < 4.78 is 1.21. The van der Waals surface area contributed by atoms with E-state index in [4.69, 9.17) is 0 Å². The van der Waals surface area contributed by atoms with Crippen LogP contribution in [0.15, 0.2) is 40.9 Å². The molecule has 0 fully saturated rings. The number of hydrogen-bond acceptors (Lipinski definition) is 1. The monoisotopic (exact) mass is 331 g/mol. The lowest BCUT2D eigenvalue weighted by molar-refractivity contribution is 0.591. The van der Waals surface area contributed by atoms with Crippen molar-refractivity contribution in [3.63, 3.8) is 0 Å². The second kappa shape index (κ2) is 6.55. The summed E-state index contributed by atoms with van der Waals surface area (Å²) in [4.78, 5) is 0. The van der Waals surface area contributed by atoms with Crippen molar-refractivity contribution in [3.05, 3.63) is 68.7 Å². The highest BCUT2D eigenvalue weighted by atomic mass is 79.9. The van der Waals surface area contributed by atoms with E-state index in [1.165, 1.54) is 32.3 Å². The van der Waals surface area contributed by atoms with Crippen molar-refractivity contribution in [2.75, 3.05) is 7.05 Å². The van der Waals surface area contributed by atoms with Crippen LogP contribution >= 0.6 is 15.9 Å². The average Bonchev–Trinajstić information content (AvgIpc) is 2.43. The molecule has 0 aliphatic rings. The Morgan fingerprint density at radius 1 is 1.00 bits per heavy atom. The van der Waals surface area contributed by atoms with Gasteiger partial charge in [-0.2, -0.15) is 0 Å². The van der Waals surface area contributed by atoms with Gasteiger partial charge in [0.25, 0.3) is 0 Å². The summed E-state index contributed by atoms with van der Waals surface area (Å²) in [7, 11) is 2.03. The van der Waals surface area contributed by atoms with E-state index in [-0.39, 0.29) is 0 Å². The van der Waals surface area contributed by atoms with Gasteiger partial charge < -0.3 is 5.32 Å². The van der Waals surface area contributed by atoms with Crippen molar-refractivity contribution in [1.29, 1.82) is 0 Å². The fourth-order valence-corrected chi connectivity index (χ4v) is 2.76. The molecule has 106 valence electrons. The number of aryl methyl sites for hydroxylation is 3. The molecule has 0 aliphatic heterocycles. The summed E-state index contributed by atoms with van der Waals surface area (Å²) in [6, 6.07) is 13.7. The third-order valence-electron chi connectivity index (χ3n) is 3.77. The fraction of sp³-hybridized carbons (Fsp3) is 0.333. The van der Waals surface area contributed by atoms with Crippen LogP contribution in [-0.4, -0.2) is 7.05 Å². The zero-order chi connectivity index (χ0) is 14.7. The van der Waals surface area contributed by atoms with E-state index in [1.807, 2.05) is 7.05 Å². The lowest BCUT2D eigenvalue weighted by atomic mass is 9.95. The highest BCUT2D eigenvalue weighted by Crippen LogP contribution is 2.27. The highest BCUT2D eigenvalue weighted by molar-refractivity contribution is 9.10. The molecule has 0 heterocycles. The van der Waals surface area contributed by atoms with Gasteiger partial charge in [0.15, 0.2) is 0 Å². The van der Waals surface area contributed by atoms with Gasteiger partial charge in [-0.3, -0.25) is 0 Å². The number of halogens is 1. The Bertz CT molecular complexity index is 564. The van der Waals surface area contributed by atoms with Crippen molar-refractivity contribution < 1.29 is 0 Å².